The molecule has 0 aromatic heterocycles. The first-order valence-electron chi connectivity index (χ1n) is 6.42. The van der Waals surface area contributed by atoms with Crippen LogP contribution in [-0.2, 0) is 10.2 Å². The van der Waals surface area contributed by atoms with Gasteiger partial charge in [0.25, 0.3) is 0 Å². The summed E-state index contributed by atoms with van der Waals surface area (Å²) in [5.41, 5.74) is 2.05. The van der Waals surface area contributed by atoms with Gasteiger partial charge in [0.15, 0.2) is 0 Å². The fourth-order valence-corrected chi connectivity index (χ4v) is 3.23. The lowest BCUT2D eigenvalue weighted by Gasteiger charge is -2.33. The highest BCUT2D eigenvalue weighted by molar-refractivity contribution is 6.08. The monoisotopic (exact) mass is 230 g/mol. The maximum atomic E-state index is 12.7. The number of hydrogen-bond acceptors (Lipinski definition) is 2. The number of nitrogens with zero attached hydrogens (tertiary/aromatic N) is 1. The van der Waals surface area contributed by atoms with E-state index < -0.39 is 0 Å². The summed E-state index contributed by atoms with van der Waals surface area (Å²) in [5.74, 6) is 0.286. The third-order valence-electron chi connectivity index (χ3n) is 4.07. The van der Waals surface area contributed by atoms with Gasteiger partial charge in [0.05, 0.1) is 5.41 Å². The zero-order valence-corrected chi connectivity index (χ0v) is 10.2. The molecule has 0 aliphatic carbocycles. The van der Waals surface area contributed by atoms with E-state index in [0.717, 1.165) is 38.2 Å². The molecule has 0 saturated carbocycles. The summed E-state index contributed by atoms with van der Waals surface area (Å²) in [7, 11) is 0. The molecule has 1 spiro atoms. The maximum absolute atomic E-state index is 12.7. The van der Waals surface area contributed by atoms with Gasteiger partial charge in [-0.25, -0.2) is 0 Å². The molecule has 3 nitrogen and oxygen atoms in total. The lowest BCUT2D eigenvalue weighted by atomic mass is 9.76. The molecule has 1 aromatic carbocycles. The lowest BCUT2D eigenvalue weighted by molar-refractivity contribution is -0.123. The van der Waals surface area contributed by atoms with Gasteiger partial charge in [-0.2, -0.15) is 0 Å². The quantitative estimate of drug-likeness (QED) is 0.796. The van der Waals surface area contributed by atoms with Crippen LogP contribution in [0.25, 0.3) is 0 Å². The van der Waals surface area contributed by atoms with Gasteiger partial charge in [-0.1, -0.05) is 18.2 Å². The second kappa shape index (κ2) is 3.84. The summed E-state index contributed by atoms with van der Waals surface area (Å²) in [6.07, 6.45) is 2.06. The number of amides is 1. The summed E-state index contributed by atoms with van der Waals surface area (Å²) in [6.45, 7) is 4.63. The van der Waals surface area contributed by atoms with E-state index in [1.165, 1.54) is 5.56 Å². The Morgan fingerprint density at radius 3 is 2.94 bits per heavy atom. The molecule has 3 rings (SSSR count). The Labute approximate surface area is 102 Å². The molecule has 1 amide bonds. The number of para-hydroxylation sites is 1. The minimum absolute atomic E-state index is 0.286. The number of likely N-dealkylation sites (N-methyl/N-ethyl adjacent to an activating group) is 1. The number of benzene rings is 1. The van der Waals surface area contributed by atoms with Crippen LogP contribution in [0, 0.1) is 0 Å². The second-order valence-electron chi connectivity index (χ2n) is 4.93. The molecular weight excluding hydrogens is 212 g/mol. The molecule has 3 heteroatoms. The van der Waals surface area contributed by atoms with Crippen molar-refractivity contribution in [1.29, 1.82) is 0 Å². The fraction of sp³-hybridized carbons (Fsp3) is 0.500. The highest BCUT2D eigenvalue weighted by Gasteiger charge is 2.50. The summed E-state index contributed by atoms with van der Waals surface area (Å²) in [4.78, 5) is 14.6. The number of carbonyl (C=O) groups is 1. The minimum atomic E-state index is -0.287. The van der Waals surface area contributed by atoms with Crippen LogP contribution in [0.15, 0.2) is 24.3 Å². The number of carbonyl (C=O) groups excluding carboxylic acids is 1. The van der Waals surface area contributed by atoms with Crippen LogP contribution in [0.3, 0.4) is 0 Å². The van der Waals surface area contributed by atoms with E-state index in [-0.39, 0.29) is 11.3 Å². The minimum Gasteiger partial charge on any atom is -0.315 e. The van der Waals surface area contributed by atoms with Gasteiger partial charge in [0.1, 0.15) is 0 Å². The second-order valence-corrected chi connectivity index (χ2v) is 4.93. The SMILES string of the molecule is CCN1C(=O)[C@]2(CCCNC2)c2ccccc21. The maximum Gasteiger partial charge on any atom is 0.239 e. The van der Waals surface area contributed by atoms with Crippen molar-refractivity contribution in [3.63, 3.8) is 0 Å². The molecule has 1 fully saturated rings. The van der Waals surface area contributed by atoms with Crippen LogP contribution < -0.4 is 10.2 Å². The topological polar surface area (TPSA) is 32.3 Å². The predicted octanol–water partition coefficient (Wildman–Crippen LogP) is 1.67. The molecule has 0 unspecified atom stereocenters. The molecule has 2 heterocycles. The Balaban J connectivity index is 2.14. The zero-order chi connectivity index (χ0) is 11.9. The largest absolute Gasteiger partial charge is 0.315 e. The van der Waals surface area contributed by atoms with Crippen molar-refractivity contribution in [3.05, 3.63) is 29.8 Å². The highest BCUT2D eigenvalue weighted by Crippen LogP contribution is 2.45. The average molecular weight is 230 g/mol. The molecule has 1 aromatic rings. The van der Waals surface area contributed by atoms with E-state index >= 15 is 0 Å². The Hall–Kier alpha value is -1.35. The smallest absolute Gasteiger partial charge is 0.239 e. The van der Waals surface area contributed by atoms with Crippen LogP contribution in [0.4, 0.5) is 5.69 Å². The van der Waals surface area contributed by atoms with Crippen molar-refractivity contribution in [1.82, 2.24) is 5.32 Å². The normalized spacial score (nSPS) is 27.6. The summed E-state index contributed by atoms with van der Waals surface area (Å²) in [5, 5.41) is 3.39. The Morgan fingerprint density at radius 1 is 1.41 bits per heavy atom. The molecular formula is C14H18N2O. The van der Waals surface area contributed by atoms with E-state index in [4.69, 9.17) is 0 Å². The van der Waals surface area contributed by atoms with Crippen molar-refractivity contribution in [2.45, 2.75) is 25.2 Å². The molecule has 1 atom stereocenters. The lowest BCUT2D eigenvalue weighted by Crippen LogP contribution is -2.50. The third-order valence-corrected chi connectivity index (χ3v) is 4.07. The number of hydrogen-bond donors (Lipinski definition) is 1. The number of nitrogens with one attached hydrogen (secondary N) is 1. The van der Waals surface area contributed by atoms with Crippen LogP contribution in [-0.4, -0.2) is 25.5 Å². The standard InChI is InChI=1S/C14H18N2O/c1-2-16-12-7-4-3-6-11(12)14(13(16)17)8-5-9-15-10-14/h3-4,6-7,15H,2,5,8-10H2,1H3/t14-/m0/s1. The summed E-state index contributed by atoms with van der Waals surface area (Å²) < 4.78 is 0. The van der Waals surface area contributed by atoms with E-state index in [9.17, 15) is 4.79 Å². The van der Waals surface area contributed by atoms with Crippen LogP contribution in [0.1, 0.15) is 25.3 Å². The van der Waals surface area contributed by atoms with Gasteiger partial charge < -0.3 is 10.2 Å². The van der Waals surface area contributed by atoms with E-state index in [1.807, 2.05) is 24.0 Å². The van der Waals surface area contributed by atoms with Crippen molar-refractivity contribution < 1.29 is 4.79 Å². The van der Waals surface area contributed by atoms with E-state index in [2.05, 4.69) is 17.4 Å². The van der Waals surface area contributed by atoms with Crippen LogP contribution in [0.5, 0.6) is 0 Å². The third kappa shape index (κ3) is 1.35. The van der Waals surface area contributed by atoms with Crippen LogP contribution >= 0.6 is 0 Å². The first-order valence-corrected chi connectivity index (χ1v) is 6.42. The highest BCUT2D eigenvalue weighted by atomic mass is 16.2. The first kappa shape index (κ1) is 10.8. The van der Waals surface area contributed by atoms with Gasteiger partial charge in [-0.05, 0) is 37.9 Å². The molecule has 0 bridgehead atoms. The number of anilines is 1. The summed E-state index contributed by atoms with van der Waals surface area (Å²) in [6, 6.07) is 8.25. The molecule has 2 aliphatic rings. The van der Waals surface area contributed by atoms with E-state index in [0.29, 0.717) is 0 Å². The van der Waals surface area contributed by atoms with Gasteiger partial charge in [0.2, 0.25) is 5.91 Å². The van der Waals surface area contributed by atoms with E-state index in [1.54, 1.807) is 0 Å². The van der Waals surface area contributed by atoms with Gasteiger partial charge in [0, 0.05) is 18.8 Å². The van der Waals surface area contributed by atoms with Gasteiger partial charge in [-0.15, -0.1) is 0 Å². The van der Waals surface area contributed by atoms with Crippen molar-refractivity contribution in [3.8, 4) is 0 Å². The molecule has 1 saturated heterocycles. The predicted molar refractivity (Wildman–Crippen MR) is 68.3 cm³/mol. The van der Waals surface area contributed by atoms with Gasteiger partial charge in [-0.3, -0.25) is 4.79 Å². The number of piperidine rings is 1. The molecule has 2 aliphatic heterocycles. The average Bonchev–Trinajstić information content (AvgIpc) is 2.61. The zero-order valence-electron chi connectivity index (χ0n) is 10.2. The number of rotatable bonds is 1. The molecule has 17 heavy (non-hydrogen) atoms. The van der Waals surface area contributed by atoms with Crippen molar-refractivity contribution in [2.75, 3.05) is 24.5 Å². The number of fused-ring (bicyclic) bond motifs is 2. The Morgan fingerprint density at radius 2 is 2.24 bits per heavy atom. The first-order chi connectivity index (χ1) is 8.29. The molecule has 1 N–H and O–H groups in total. The summed E-state index contributed by atoms with van der Waals surface area (Å²) >= 11 is 0. The van der Waals surface area contributed by atoms with Crippen molar-refractivity contribution in [2.24, 2.45) is 0 Å². The van der Waals surface area contributed by atoms with Gasteiger partial charge >= 0.3 is 0 Å². The Kier molecular flexibility index (Phi) is 2.44. The molecule has 0 radical (unpaired) electrons. The fourth-order valence-electron chi connectivity index (χ4n) is 3.23. The molecule has 90 valence electrons. The van der Waals surface area contributed by atoms with Crippen LogP contribution in [0.2, 0.25) is 0 Å². The van der Waals surface area contributed by atoms with Crippen molar-refractivity contribution >= 4 is 11.6 Å². The Bertz CT molecular complexity index is 449.